The van der Waals surface area contributed by atoms with Gasteiger partial charge in [0, 0.05) is 25.3 Å². The maximum Gasteiger partial charge on any atom is 0.241 e. The summed E-state index contributed by atoms with van der Waals surface area (Å²) in [4.78, 5) is 3.99. The van der Waals surface area contributed by atoms with Gasteiger partial charge in [0.2, 0.25) is 10.0 Å². The molecule has 2 heterocycles. The third-order valence-corrected chi connectivity index (χ3v) is 6.27. The number of imidazole rings is 1. The number of nitrogens with zero attached hydrogens (tertiary/aromatic N) is 2. The third-order valence-electron chi connectivity index (χ3n) is 4.60. The van der Waals surface area contributed by atoms with E-state index in [0.29, 0.717) is 19.4 Å². The lowest BCUT2D eigenvalue weighted by molar-refractivity contribution is -0.0000462. The number of sulfonamides is 1. The standard InChI is InChI=1S/C17H22FN3O4S/c1-11-16(5-4-14(24-3)17(11)18)26(22,23)20-12-6-7-25-15(8-12)13-9-19-10-21(13)2/h4-5,9-10,12,15,20H,6-8H2,1-3H3/t12-,15+/m0/s1. The van der Waals surface area contributed by atoms with Gasteiger partial charge in [0.1, 0.15) is 6.10 Å². The normalized spacial score (nSPS) is 20.9. The molecule has 2 atom stereocenters. The van der Waals surface area contributed by atoms with E-state index in [4.69, 9.17) is 9.47 Å². The maximum absolute atomic E-state index is 14.2. The number of aromatic nitrogens is 2. The second-order valence-corrected chi connectivity index (χ2v) is 8.02. The first-order valence-electron chi connectivity index (χ1n) is 8.26. The van der Waals surface area contributed by atoms with Crippen LogP contribution >= 0.6 is 0 Å². The van der Waals surface area contributed by atoms with Gasteiger partial charge in [-0.2, -0.15) is 0 Å². The van der Waals surface area contributed by atoms with Gasteiger partial charge in [-0.15, -0.1) is 0 Å². The zero-order valence-corrected chi connectivity index (χ0v) is 15.7. The summed E-state index contributed by atoms with van der Waals surface area (Å²) in [6.07, 6.45) is 4.18. The molecule has 0 radical (unpaired) electrons. The molecule has 9 heteroatoms. The first kappa shape index (κ1) is 18.8. The summed E-state index contributed by atoms with van der Waals surface area (Å²) in [6, 6.07) is 2.37. The van der Waals surface area contributed by atoms with Gasteiger partial charge in [0.25, 0.3) is 0 Å². The molecule has 1 fully saturated rings. The van der Waals surface area contributed by atoms with Crippen molar-refractivity contribution in [3.8, 4) is 5.75 Å². The minimum absolute atomic E-state index is 0.0174. The molecule has 3 rings (SSSR count). The van der Waals surface area contributed by atoms with Crippen molar-refractivity contribution < 1.29 is 22.3 Å². The van der Waals surface area contributed by atoms with Crippen LogP contribution in [0.5, 0.6) is 5.75 Å². The predicted octanol–water partition coefficient (Wildman–Crippen LogP) is 2.07. The van der Waals surface area contributed by atoms with E-state index in [1.807, 2.05) is 11.6 Å². The number of ether oxygens (including phenoxy) is 2. The van der Waals surface area contributed by atoms with Gasteiger partial charge in [-0.3, -0.25) is 0 Å². The Kier molecular flexibility index (Phi) is 5.31. The van der Waals surface area contributed by atoms with Crippen molar-refractivity contribution in [2.45, 2.75) is 36.8 Å². The third kappa shape index (κ3) is 3.60. The monoisotopic (exact) mass is 383 g/mol. The van der Waals surface area contributed by atoms with Gasteiger partial charge in [0.15, 0.2) is 11.6 Å². The summed E-state index contributed by atoms with van der Waals surface area (Å²) in [6.45, 7) is 1.85. The van der Waals surface area contributed by atoms with Crippen LogP contribution in [0.25, 0.3) is 0 Å². The molecule has 1 aliphatic heterocycles. The van der Waals surface area contributed by atoms with E-state index in [2.05, 4.69) is 9.71 Å². The maximum atomic E-state index is 14.2. The second-order valence-electron chi connectivity index (χ2n) is 6.34. The lowest BCUT2D eigenvalue weighted by Gasteiger charge is -2.30. The number of methoxy groups -OCH3 is 1. The SMILES string of the molecule is COc1ccc(S(=O)(=O)N[C@H]2CCO[C@@H](c3cncn3C)C2)c(C)c1F. The number of aryl methyl sites for hydroxylation is 1. The molecule has 26 heavy (non-hydrogen) atoms. The molecule has 0 spiro atoms. The van der Waals surface area contributed by atoms with Crippen LogP contribution in [0.15, 0.2) is 29.6 Å². The average molecular weight is 383 g/mol. The van der Waals surface area contributed by atoms with Crippen molar-refractivity contribution >= 4 is 10.0 Å². The molecule has 0 bridgehead atoms. The Morgan fingerprint density at radius 2 is 2.19 bits per heavy atom. The van der Waals surface area contributed by atoms with Crippen molar-refractivity contribution in [2.75, 3.05) is 13.7 Å². The molecule has 1 saturated heterocycles. The highest BCUT2D eigenvalue weighted by atomic mass is 32.2. The van der Waals surface area contributed by atoms with Crippen LogP contribution in [0.4, 0.5) is 4.39 Å². The second kappa shape index (κ2) is 7.34. The number of halogens is 1. The van der Waals surface area contributed by atoms with Crippen molar-refractivity contribution in [2.24, 2.45) is 7.05 Å². The van der Waals surface area contributed by atoms with Crippen LogP contribution < -0.4 is 9.46 Å². The quantitative estimate of drug-likeness (QED) is 0.855. The molecule has 2 aromatic rings. The van der Waals surface area contributed by atoms with Gasteiger partial charge >= 0.3 is 0 Å². The summed E-state index contributed by atoms with van der Waals surface area (Å²) in [7, 11) is -0.662. The predicted molar refractivity (Wildman–Crippen MR) is 92.9 cm³/mol. The molecule has 142 valence electrons. The van der Waals surface area contributed by atoms with Gasteiger partial charge in [0.05, 0.1) is 30.2 Å². The van der Waals surface area contributed by atoms with Gasteiger partial charge in [-0.25, -0.2) is 22.5 Å². The van der Waals surface area contributed by atoms with Crippen molar-refractivity contribution in [1.82, 2.24) is 14.3 Å². The first-order chi connectivity index (χ1) is 12.3. The largest absolute Gasteiger partial charge is 0.494 e. The fraction of sp³-hybridized carbons (Fsp3) is 0.471. The topological polar surface area (TPSA) is 82.5 Å². The molecule has 0 saturated carbocycles. The van der Waals surface area contributed by atoms with E-state index in [0.717, 1.165) is 5.69 Å². The number of hydrogen-bond acceptors (Lipinski definition) is 5. The molecule has 0 amide bonds. The lowest BCUT2D eigenvalue weighted by Crippen LogP contribution is -2.40. The number of benzene rings is 1. The van der Waals surface area contributed by atoms with Crippen molar-refractivity contribution in [3.05, 3.63) is 41.7 Å². The van der Waals surface area contributed by atoms with Crippen LogP contribution in [0, 0.1) is 12.7 Å². The zero-order chi connectivity index (χ0) is 18.9. The van der Waals surface area contributed by atoms with E-state index in [9.17, 15) is 12.8 Å². The van der Waals surface area contributed by atoms with Gasteiger partial charge in [-0.1, -0.05) is 0 Å². The lowest BCUT2D eigenvalue weighted by atomic mass is 10.0. The Labute approximate surface area is 152 Å². The summed E-state index contributed by atoms with van der Waals surface area (Å²) < 4.78 is 54.9. The number of hydrogen-bond donors (Lipinski definition) is 1. The Hall–Kier alpha value is -1.97. The van der Waals surface area contributed by atoms with Gasteiger partial charge in [-0.05, 0) is 31.9 Å². The summed E-state index contributed by atoms with van der Waals surface area (Å²) >= 11 is 0. The summed E-state index contributed by atoms with van der Waals surface area (Å²) in [5.74, 6) is -0.654. The minimum atomic E-state index is -3.86. The average Bonchev–Trinajstić information content (AvgIpc) is 3.03. The summed E-state index contributed by atoms with van der Waals surface area (Å²) in [5.41, 5.74) is 0.924. The highest BCUT2D eigenvalue weighted by molar-refractivity contribution is 7.89. The van der Waals surface area contributed by atoms with Crippen LogP contribution in [-0.2, 0) is 21.8 Å². The molecule has 1 aromatic carbocycles. The number of nitrogens with one attached hydrogen (secondary N) is 1. The van der Waals surface area contributed by atoms with E-state index >= 15 is 0 Å². The fourth-order valence-corrected chi connectivity index (χ4v) is 4.68. The van der Waals surface area contributed by atoms with Gasteiger partial charge < -0.3 is 14.0 Å². The van der Waals surface area contributed by atoms with E-state index in [1.165, 1.54) is 26.2 Å². The Bertz CT molecular complexity index is 897. The zero-order valence-electron chi connectivity index (χ0n) is 14.9. The fourth-order valence-electron chi connectivity index (χ4n) is 3.16. The Morgan fingerprint density at radius 3 is 2.85 bits per heavy atom. The number of rotatable bonds is 5. The first-order valence-corrected chi connectivity index (χ1v) is 9.75. The van der Waals surface area contributed by atoms with Crippen LogP contribution in [0.2, 0.25) is 0 Å². The summed E-state index contributed by atoms with van der Waals surface area (Å²) in [5, 5.41) is 0. The molecule has 0 unspecified atom stereocenters. The van der Waals surface area contributed by atoms with Crippen LogP contribution in [0.1, 0.15) is 30.2 Å². The van der Waals surface area contributed by atoms with E-state index < -0.39 is 15.8 Å². The minimum Gasteiger partial charge on any atom is -0.494 e. The van der Waals surface area contributed by atoms with Crippen LogP contribution in [-0.4, -0.2) is 37.7 Å². The molecule has 0 aliphatic carbocycles. The Morgan fingerprint density at radius 1 is 1.42 bits per heavy atom. The smallest absolute Gasteiger partial charge is 0.241 e. The molecule has 1 aromatic heterocycles. The molecule has 1 aliphatic rings. The molecule has 7 nitrogen and oxygen atoms in total. The molecule has 1 N–H and O–H groups in total. The highest BCUT2D eigenvalue weighted by Crippen LogP contribution is 2.30. The molecular formula is C17H22FN3O4S. The molecular weight excluding hydrogens is 361 g/mol. The van der Waals surface area contributed by atoms with Crippen molar-refractivity contribution in [3.63, 3.8) is 0 Å². The van der Waals surface area contributed by atoms with E-state index in [1.54, 1.807) is 12.5 Å². The van der Waals surface area contributed by atoms with E-state index in [-0.39, 0.29) is 28.4 Å². The Balaban J connectivity index is 1.79. The van der Waals surface area contributed by atoms with Crippen LogP contribution in [0.3, 0.4) is 0 Å². The highest BCUT2D eigenvalue weighted by Gasteiger charge is 2.30. The van der Waals surface area contributed by atoms with Crippen molar-refractivity contribution in [1.29, 1.82) is 0 Å².